The number of fused-ring (bicyclic) bond motifs is 1. The summed E-state index contributed by atoms with van der Waals surface area (Å²) in [7, 11) is 1.30. The molecule has 0 unspecified atom stereocenters. The molecule has 0 radical (unpaired) electrons. The number of rotatable bonds is 5. The second kappa shape index (κ2) is 9.18. The highest BCUT2D eigenvalue weighted by molar-refractivity contribution is 9.10. The molecule has 2 aromatic heterocycles. The third-order valence-corrected chi connectivity index (χ3v) is 5.90. The van der Waals surface area contributed by atoms with Crippen LogP contribution in [0.15, 0.2) is 73.8 Å². The minimum absolute atomic E-state index is 0.244. The van der Waals surface area contributed by atoms with E-state index in [0.29, 0.717) is 33.1 Å². The van der Waals surface area contributed by atoms with Gasteiger partial charge in [0.05, 0.1) is 29.6 Å². The van der Waals surface area contributed by atoms with Gasteiger partial charge in [-0.15, -0.1) is 11.3 Å². The van der Waals surface area contributed by atoms with Crippen LogP contribution in [0.5, 0.6) is 0 Å². The van der Waals surface area contributed by atoms with Crippen LogP contribution in [0.25, 0.3) is 27.8 Å². The van der Waals surface area contributed by atoms with E-state index >= 15 is 0 Å². The lowest BCUT2D eigenvalue weighted by Gasteiger charge is -2.07. The number of nitriles is 1. The maximum Gasteiger partial charge on any atom is 0.345 e. The van der Waals surface area contributed by atoms with Crippen molar-refractivity contribution < 1.29 is 13.9 Å². The van der Waals surface area contributed by atoms with E-state index in [1.807, 2.05) is 6.07 Å². The van der Waals surface area contributed by atoms with Crippen LogP contribution in [0.1, 0.15) is 15.4 Å². The molecule has 4 rings (SSSR count). The Kier molecular flexibility index (Phi) is 6.16. The molecule has 7 nitrogen and oxygen atoms in total. The number of carbonyl (C=O) groups is 1. The first-order chi connectivity index (χ1) is 15.5. The van der Waals surface area contributed by atoms with Crippen LogP contribution in [0.3, 0.4) is 0 Å². The number of nitrogens with zero attached hydrogens (tertiary/aromatic N) is 2. The molecular formula is C23H14BrN3O4S. The topological polar surface area (TPSA) is 105 Å². The van der Waals surface area contributed by atoms with Crippen molar-refractivity contribution in [3.63, 3.8) is 0 Å². The van der Waals surface area contributed by atoms with E-state index in [-0.39, 0.29) is 5.57 Å². The summed E-state index contributed by atoms with van der Waals surface area (Å²) in [5.41, 5.74) is 1.76. The lowest BCUT2D eigenvalue weighted by atomic mass is 10.1. The van der Waals surface area contributed by atoms with Gasteiger partial charge in [0.15, 0.2) is 0 Å². The molecule has 158 valence electrons. The van der Waals surface area contributed by atoms with Crippen LogP contribution in [0.4, 0.5) is 5.69 Å². The largest absolute Gasteiger partial charge is 0.465 e. The third kappa shape index (κ3) is 4.32. The summed E-state index contributed by atoms with van der Waals surface area (Å²) in [5.74, 6) is -0.494. The van der Waals surface area contributed by atoms with E-state index in [1.165, 1.54) is 24.6 Å². The Morgan fingerprint density at radius 1 is 1.28 bits per heavy atom. The van der Waals surface area contributed by atoms with Gasteiger partial charge in [-0.05, 0) is 36.4 Å². The van der Waals surface area contributed by atoms with Gasteiger partial charge >= 0.3 is 11.6 Å². The normalized spacial score (nSPS) is 11.2. The molecule has 4 aromatic rings. The van der Waals surface area contributed by atoms with Gasteiger partial charge in [-0.3, -0.25) is 0 Å². The number of methoxy groups -OCH3 is 1. The van der Waals surface area contributed by atoms with E-state index in [9.17, 15) is 14.9 Å². The molecule has 2 aromatic carbocycles. The Labute approximate surface area is 194 Å². The van der Waals surface area contributed by atoms with Crippen LogP contribution in [-0.4, -0.2) is 18.1 Å². The molecule has 2 heterocycles. The second-order valence-electron chi connectivity index (χ2n) is 6.52. The maximum atomic E-state index is 12.5. The van der Waals surface area contributed by atoms with Gasteiger partial charge in [0.2, 0.25) is 0 Å². The molecule has 0 amide bonds. The van der Waals surface area contributed by atoms with E-state index in [4.69, 9.17) is 9.15 Å². The lowest BCUT2D eigenvalue weighted by Crippen LogP contribution is -2.05. The van der Waals surface area contributed by atoms with Crippen LogP contribution >= 0.6 is 27.3 Å². The fourth-order valence-corrected chi connectivity index (χ4v) is 4.15. The number of hydrogen-bond donors (Lipinski definition) is 1. The molecule has 0 spiro atoms. The number of allylic oxidation sites excluding steroid dienone is 1. The molecule has 32 heavy (non-hydrogen) atoms. The van der Waals surface area contributed by atoms with Crippen LogP contribution in [-0.2, 0) is 4.74 Å². The van der Waals surface area contributed by atoms with Gasteiger partial charge in [0.1, 0.15) is 22.2 Å². The number of aromatic nitrogens is 1. The summed E-state index contributed by atoms with van der Waals surface area (Å²) >= 11 is 4.63. The van der Waals surface area contributed by atoms with Crippen molar-refractivity contribution >= 4 is 55.5 Å². The number of esters is 1. The molecule has 0 aliphatic rings. The van der Waals surface area contributed by atoms with Gasteiger partial charge in [0.25, 0.3) is 0 Å². The highest BCUT2D eigenvalue weighted by atomic mass is 79.9. The molecule has 0 bridgehead atoms. The standard InChI is InChI=1S/C23H14BrN3O4S/c1-30-22(28)16-4-2-3-5-18(16)26-11-14(10-25)21-27-19(12-32-21)17-9-13-8-15(24)6-7-20(13)31-23(17)29/h2-9,11-12,26H,1H3/b14-11+. The predicted molar refractivity (Wildman–Crippen MR) is 126 cm³/mol. The number of ether oxygens (including phenoxy) is 1. The molecule has 0 atom stereocenters. The highest BCUT2D eigenvalue weighted by Crippen LogP contribution is 2.28. The molecular weight excluding hydrogens is 494 g/mol. The fraction of sp³-hybridized carbons (Fsp3) is 0.0435. The van der Waals surface area contributed by atoms with Crippen LogP contribution in [0.2, 0.25) is 0 Å². The molecule has 0 aliphatic heterocycles. The zero-order valence-electron chi connectivity index (χ0n) is 16.6. The summed E-state index contributed by atoms with van der Waals surface area (Å²) < 4.78 is 11.0. The number of nitrogens with one attached hydrogen (secondary N) is 1. The SMILES string of the molecule is COC(=O)c1ccccc1N/C=C(\C#N)c1nc(-c2cc3cc(Br)ccc3oc2=O)cs1. The quantitative estimate of drug-likeness (QED) is 0.217. The average Bonchev–Trinajstić information content (AvgIpc) is 3.29. The number of hydrogen-bond acceptors (Lipinski definition) is 8. The van der Waals surface area contributed by atoms with E-state index in [2.05, 4.69) is 32.3 Å². The maximum absolute atomic E-state index is 12.5. The van der Waals surface area contributed by atoms with Crippen molar-refractivity contribution in [2.24, 2.45) is 0 Å². The number of benzene rings is 2. The first-order valence-electron chi connectivity index (χ1n) is 9.24. The molecule has 0 aliphatic carbocycles. The minimum Gasteiger partial charge on any atom is -0.465 e. The summed E-state index contributed by atoms with van der Waals surface area (Å²) in [5, 5.41) is 15.4. The predicted octanol–water partition coefficient (Wildman–Crippen LogP) is 5.44. The summed E-state index contributed by atoms with van der Waals surface area (Å²) in [4.78, 5) is 28.8. The minimum atomic E-state index is -0.510. The van der Waals surface area contributed by atoms with Crippen molar-refractivity contribution in [3.05, 3.63) is 85.6 Å². The van der Waals surface area contributed by atoms with E-state index < -0.39 is 11.6 Å². The number of halogens is 1. The third-order valence-electron chi connectivity index (χ3n) is 4.53. The second-order valence-corrected chi connectivity index (χ2v) is 8.29. The van der Waals surface area contributed by atoms with Gasteiger partial charge in [-0.2, -0.15) is 5.26 Å². The molecule has 0 saturated heterocycles. The van der Waals surface area contributed by atoms with Crippen molar-refractivity contribution in [2.45, 2.75) is 0 Å². The molecule has 0 saturated carbocycles. The smallest absolute Gasteiger partial charge is 0.345 e. The zero-order chi connectivity index (χ0) is 22.7. The number of thiazole rings is 1. The molecule has 1 N–H and O–H groups in total. The van der Waals surface area contributed by atoms with Crippen molar-refractivity contribution in [1.29, 1.82) is 5.26 Å². The number of anilines is 1. The Hall–Kier alpha value is -3.74. The number of carbonyl (C=O) groups excluding carboxylic acids is 1. The van der Waals surface area contributed by atoms with Gasteiger partial charge in [0, 0.05) is 21.4 Å². The van der Waals surface area contributed by atoms with Crippen molar-refractivity contribution in [3.8, 4) is 17.3 Å². The van der Waals surface area contributed by atoms with E-state index in [1.54, 1.807) is 47.8 Å². The van der Waals surface area contributed by atoms with Crippen LogP contribution in [0, 0.1) is 11.3 Å². The lowest BCUT2D eigenvalue weighted by molar-refractivity contribution is 0.0602. The fourth-order valence-electron chi connectivity index (χ4n) is 2.98. The van der Waals surface area contributed by atoms with Crippen molar-refractivity contribution in [2.75, 3.05) is 12.4 Å². The zero-order valence-corrected chi connectivity index (χ0v) is 19.0. The van der Waals surface area contributed by atoms with E-state index in [0.717, 1.165) is 9.86 Å². The molecule has 9 heteroatoms. The monoisotopic (exact) mass is 507 g/mol. The summed E-state index contributed by atoms with van der Waals surface area (Å²) in [6, 6.07) is 15.9. The van der Waals surface area contributed by atoms with Gasteiger partial charge < -0.3 is 14.5 Å². The van der Waals surface area contributed by atoms with Crippen LogP contribution < -0.4 is 10.9 Å². The van der Waals surface area contributed by atoms with Crippen molar-refractivity contribution in [1.82, 2.24) is 4.98 Å². The molecule has 0 fully saturated rings. The first-order valence-corrected chi connectivity index (χ1v) is 10.9. The van der Waals surface area contributed by atoms with Gasteiger partial charge in [-0.25, -0.2) is 14.6 Å². The Bertz CT molecular complexity index is 1470. The van der Waals surface area contributed by atoms with Gasteiger partial charge in [-0.1, -0.05) is 28.1 Å². The Morgan fingerprint density at radius 2 is 2.09 bits per heavy atom. The Morgan fingerprint density at radius 3 is 2.88 bits per heavy atom. The average molecular weight is 508 g/mol. The summed E-state index contributed by atoms with van der Waals surface area (Å²) in [6.45, 7) is 0. The Balaban J connectivity index is 1.67. The first kappa shape index (κ1) is 21.5. The number of para-hydroxylation sites is 1. The highest BCUT2D eigenvalue weighted by Gasteiger charge is 2.15. The summed E-state index contributed by atoms with van der Waals surface area (Å²) in [6.07, 6.45) is 1.46.